The summed E-state index contributed by atoms with van der Waals surface area (Å²) >= 11 is 1.30. The maximum atomic E-state index is 14.0. The van der Waals surface area contributed by atoms with Gasteiger partial charge in [0.15, 0.2) is 0 Å². The van der Waals surface area contributed by atoms with Crippen LogP contribution in [0.15, 0.2) is 29.3 Å². The number of nitrogens with zero attached hydrogens (tertiary/aromatic N) is 1. The van der Waals surface area contributed by atoms with E-state index < -0.39 is 5.92 Å². The fourth-order valence-electron chi connectivity index (χ4n) is 3.04. The average Bonchev–Trinajstić information content (AvgIpc) is 3.15. The summed E-state index contributed by atoms with van der Waals surface area (Å²) in [4.78, 5) is 16.0. The standard InChI is InChI=1S/C16H13F2N3OS/c1-2-8-4-16(17,18)5-11-10-3-12(9-6-19-20-7-9)23-14(10)15(22)21-13(8)11/h3-4,6-7H,2,5H2,1H3,(H,19,20)(H,21,22). The first-order chi connectivity index (χ1) is 11.0. The summed E-state index contributed by atoms with van der Waals surface area (Å²) in [6.07, 6.45) is 4.40. The van der Waals surface area contributed by atoms with Gasteiger partial charge in [-0.15, -0.1) is 11.3 Å². The third-order valence-electron chi connectivity index (χ3n) is 4.09. The van der Waals surface area contributed by atoms with Crippen molar-refractivity contribution in [1.82, 2.24) is 15.2 Å². The Morgan fingerprint density at radius 2 is 2.26 bits per heavy atom. The molecular formula is C16H13F2N3OS. The fourth-order valence-corrected chi connectivity index (χ4v) is 4.10. The molecule has 0 aromatic carbocycles. The molecule has 1 aliphatic carbocycles. The van der Waals surface area contributed by atoms with Gasteiger partial charge in [-0.25, -0.2) is 8.78 Å². The van der Waals surface area contributed by atoms with E-state index in [0.29, 0.717) is 33.3 Å². The predicted molar refractivity (Wildman–Crippen MR) is 86.9 cm³/mol. The molecule has 3 heterocycles. The van der Waals surface area contributed by atoms with E-state index in [2.05, 4.69) is 15.2 Å². The molecule has 0 fully saturated rings. The predicted octanol–water partition coefficient (Wildman–Crippen LogP) is 3.96. The molecule has 2 N–H and O–H groups in total. The fraction of sp³-hybridized carbons (Fsp3) is 0.250. The number of nitrogens with one attached hydrogen (secondary N) is 2. The quantitative estimate of drug-likeness (QED) is 0.745. The van der Waals surface area contributed by atoms with E-state index in [1.165, 1.54) is 11.3 Å². The smallest absolute Gasteiger partial charge is 0.271 e. The van der Waals surface area contributed by atoms with Gasteiger partial charge in [-0.1, -0.05) is 6.92 Å². The molecule has 3 aromatic heterocycles. The van der Waals surface area contributed by atoms with E-state index >= 15 is 0 Å². The number of aromatic amines is 2. The van der Waals surface area contributed by atoms with Crippen LogP contribution in [-0.2, 0) is 6.42 Å². The number of thiophene rings is 1. The largest absolute Gasteiger partial charge is 0.321 e. The summed E-state index contributed by atoms with van der Waals surface area (Å²) < 4.78 is 28.6. The molecule has 1 aliphatic rings. The molecule has 0 unspecified atom stereocenters. The number of hydrogen-bond donors (Lipinski definition) is 2. The molecule has 0 saturated carbocycles. The minimum Gasteiger partial charge on any atom is -0.321 e. The highest BCUT2D eigenvalue weighted by molar-refractivity contribution is 7.22. The van der Waals surface area contributed by atoms with E-state index in [0.717, 1.165) is 16.5 Å². The number of aromatic nitrogens is 3. The van der Waals surface area contributed by atoms with Crippen LogP contribution in [0.4, 0.5) is 8.78 Å². The van der Waals surface area contributed by atoms with Gasteiger partial charge in [-0.2, -0.15) is 5.10 Å². The number of hydrogen-bond acceptors (Lipinski definition) is 3. The van der Waals surface area contributed by atoms with Crippen molar-refractivity contribution < 1.29 is 8.78 Å². The molecule has 0 amide bonds. The van der Waals surface area contributed by atoms with Crippen LogP contribution in [0, 0.1) is 0 Å². The zero-order valence-corrected chi connectivity index (χ0v) is 13.1. The zero-order chi connectivity index (χ0) is 16.2. The van der Waals surface area contributed by atoms with E-state index in [1.807, 2.05) is 13.0 Å². The molecule has 7 heteroatoms. The normalized spacial score (nSPS) is 16.4. The summed E-state index contributed by atoms with van der Waals surface area (Å²) in [5.41, 5.74) is 2.17. The molecule has 4 nitrogen and oxygen atoms in total. The van der Waals surface area contributed by atoms with E-state index in [-0.39, 0.29) is 12.0 Å². The van der Waals surface area contributed by atoms with Gasteiger partial charge in [0.1, 0.15) is 4.70 Å². The molecule has 118 valence electrons. The van der Waals surface area contributed by atoms with Crippen LogP contribution in [0.2, 0.25) is 0 Å². The maximum Gasteiger partial charge on any atom is 0.271 e. The lowest BCUT2D eigenvalue weighted by Gasteiger charge is -2.23. The SMILES string of the molecule is CCC1=CC(F)(F)Cc2c1[nH]c(=O)c1sc(-c3cn[nH]c3)cc21. The van der Waals surface area contributed by atoms with E-state index in [1.54, 1.807) is 12.4 Å². The minimum atomic E-state index is -2.89. The number of pyridine rings is 1. The van der Waals surface area contributed by atoms with Crippen LogP contribution >= 0.6 is 11.3 Å². The summed E-state index contributed by atoms with van der Waals surface area (Å²) in [5.74, 6) is -2.89. The van der Waals surface area contributed by atoms with Crippen molar-refractivity contribution in [3.63, 3.8) is 0 Å². The second kappa shape index (κ2) is 4.86. The topological polar surface area (TPSA) is 61.5 Å². The van der Waals surface area contributed by atoms with E-state index in [4.69, 9.17) is 0 Å². The molecule has 0 atom stereocenters. The lowest BCUT2D eigenvalue weighted by molar-refractivity contribution is 0.0547. The Labute approximate surface area is 133 Å². The van der Waals surface area contributed by atoms with Crippen LogP contribution in [0.1, 0.15) is 24.6 Å². The molecule has 3 aromatic rings. The summed E-state index contributed by atoms with van der Waals surface area (Å²) in [7, 11) is 0. The van der Waals surface area contributed by atoms with Crippen LogP contribution in [0.3, 0.4) is 0 Å². The van der Waals surface area contributed by atoms with Gasteiger partial charge in [0.2, 0.25) is 0 Å². The van der Waals surface area contributed by atoms with Crippen molar-refractivity contribution in [2.75, 3.05) is 0 Å². The van der Waals surface area contributed by atoms with Crippen molar-refractivity contribution in [2.45, 2.75) is 25.7 Å². The highest BCUT2D eigenvalue weighted by Gasteiger charge is 2.35. The van der Waals surface area contributed by atoms with Gasteiger partial charge in [0.05, 0.1) is 6.20 Å². The first-order valence-electron chi connectivity index (χ1n) is 7.26. The second-order valence-corrected chi connectivity index (χ2v) is 6.66. The van der Waals surface area contributed by atoms with Crippen molar-refractivity contribution in [1.29, 1.82) is 0 Å². The van der Waals surface area contributed by atoms with Crippen LogP contribution in [-0.4, -0.2) is 21.1 Å². The Bertz CT molecular complexity index is 983. The average molecular weight is 333 g/mol. The van der Waals surface area contributed by atoms with Crippen LogP contribution in [0.5, 0.6) is 0 Å². The van der Waals surface area contributed by atoms with E-state index in [9.17, 15) is 13.6 Å². The molecule has 4 rings (SSSR count). The summed E-state index contributed by atoms with van der Waals surface area (Å²) in [5, 5.41) is 7.23. The number of rotatable bonds is 2. The second-order valence-electron chi connectivity index (χ2n) is 5.61. The summed E-state index contributed by atoms with van der Waals surface area (Å²) in [6, 6.07) is 1.81. The highest BCUT2D eigenvalue weighted by Crippen LogP contribution is 2.41. The number of allylic oxidation sites excluding steroid dienone is 2. The van der Waals surface area contributed by atoms with Gasteiger partial charge in [0, 0.05) is 34.1 Å². The summed E-state index contributed by atoms with van der Waals surface area (Å²) in [6.45, 7) is 1.81. The lowest BCUT2D eigenvalue weighted by atomic mass is 9.89. The molecule has 0 spiro atoms. The Morgan fingerprint density at radius 1 is 1.43 bits per heavy atom. The molecule has 0 saturated heterocycles. The number of halogens is 2. The number of H-pyrrole nitrogens is 2. The first-order valence-corrected chi connectivity index (χ1v) is 8.08. The van der Waals surface area contributed by atoms with Gasteiger partial charge in [-0.05, 0) is 29.7 Å². The molecule has 23 heavy (non-hydrogen) atoms. The Morgan fingerprint density at radius 3 is 2.96 bits per heavy atom. The monoisotopic (exact) mass is 333 g/mol. The molecule has 0 bridgehead atoms. The molecule has 0 aliphatic heterocycles. The first kappa shape index (κ1) is 14.3. The molecule has 0 radical (unpaired) electrons. The Hall–Kier alpha value is -2.28. The van der Waals surface area contributed by atoms with Crippen LogP contribution < -0.4 is 5.56 Å². The third kappa shape index (κ3) is 2.23. The van der Waals surface area contributed by atoms with Gasteiger partial charge in [-0.3, -0.25) is 9.89 Å². The molecular weight excluding hydrogens is 320 g/mol. The Kier molecular flexibility index (Phi) is 3.02. The van der Waals surface area contributed by atoms with Gasteiger partial charge in [0.25, 0.3) is 11.5 Å². The van der Waals surface area contributed by atoms with Crippen LogP contribution in [0.25, 0.3) is 26.1 Å². The maximum absolute atomic E-state index is 14.0. The van der Waals surface area contributed by atoms with Gasteiger partial charge < -0.3 is 4.98 Å². The van der Waals surface area contributed by atoms with Crippen molar-refractivity contribution >= 4 is 27.0 Å². The van der Waals surface area contributed by atoms with Gasteiger partial charge >= 0.3 is 0 Å². The van der Waals surface area contributed by atoms with Crippen molar-refractivity contribution in [3.8, 4) is 10.4 Å². The zero-order valence-electron chi connectivity index (χ0n) is 12.2. The lowest BCUT2D eigenvalue weighted by Crippen LogP contribution is -2.25. The Balaban J connectivity index is 2.03. The number of fused-ring (bicyclic) bond motifs is 3. The third-order valence-corrected chi connectivity index (χ3v) is 5.27. The number of alkyl halides is 2. The highest BCUT2D eigenvalue weighted by atomic mass is 32.1. The van der Waals surface area contributed by atoms with Crippen molar-refractivity contribution in [3.05, 3.63) is 46.1 Å². The minimum absolute atomic E-state index is 0.233. The van der Waals surface area contributed by atoms with Crippen molar-refractivity contribution in [2.24, 2.45) is 0 Å².